The molecule has 0 saturated heterocycles. The van der Waals surface area contributed by atoms with Crippen LogP contribution in [0.25, 0.3) is 0 Å². The van der Waals surface area contributed by atoms with E-state index in [1.54, 1.807) is 16.4 Å². The van der Waals surface area contributed by atoms with Crippen LogP contribution in [0.3, 0.4) is 0 Å². The molecule has 2 rings (SSSR count). The minimum Gasteiger partial charge on any atom is -0.381 e. The molecular weight excluding hydrogens is 198 g/mol. The second-order valence-electron chi connectivity index (χ2n) is 3.08. The molecule has 0 aromatic carbocycles. The molecule has 74 valence electrons. The molecule has 0 radical (unpaired) electrons. The zero-order valence-corrected chi connectivity index (χ0v) is 8.82. The molecule has 0 aliphatic carbocycles. The summed E-state index contributed by atoms with van der Waals surface area (Å²) in [5.74, 6) is 0. The summed E-state index contributed by atoms with van der Waals surface area (Å²) in [5.41, 5.74) is 3.41. The van der Waals surface area contributed by atoms with Gasteiger partial charge in [-0.25, -0.2) is 4.98 Å². The van der Waals surface area contributed by atoms with E-state index < -0.39 is 6.10 Å². The molecule has 4 nitrogen and oxygen atoms in total. The van der Waals surface area contributed by atoms with Crippen LogP contribution in [0, 0.1) is 6.92 Å². The summed E-state index contributed by atoms with van der Waals surface area (Å²) in [6.45, 7) is 1.89. The first-order valence-corrected chi connectivity index (χ1v) is 5.14. The number of hydrogen-bond acceptors (Lipinski definition) is 4. The fourth-order valence-electron chi connectivity index (χ4n) is 1.36. The monoisotopic (exact) mass is 209 g/mol. The van der Waals surface area contributed by atoms with E-state index in [2.05, 4.69) is 10.1 Å². The van der Waals surface area contributed by atoms with E-state index in [0.717, 1.165) is 16.3 Å². The van der Waals surface area contributed by atoms with Gasteiger partial charge in [-0.15, -0.1) is 11.3 Å². The Hall–Kier alpha value is -1.20. The molecule has 0 spiro atoms. The van der Waals surface area contributed by atoms with Gasteiger partial charge < -0.3 is 5.11 Å². The van der Waals surface area contributed by atoms with Gasteiger partial charge in [0.2, 0.25) is 0 Å². The van der Waals surface area contributed by atoms with E-state index >= 15 is 0 Å². The summed E-state index contributed by atoms with van der Waals surface area (Å²) in [4.78, 5) is 4.99. The Balaban J connectivity index is 2.38. The van der Waals surface area contributed by atoms with E-state index in [0.29, 0.717) is 0 Å². The van der Waals surface area contributed by atoms with E-state index in [1.165, 1.54) is 11.3 Å². The van der Waals surface area contributed by atoms with Crippen LogP contribution in [0.5, 0.6) is 0 Å². The Labute approximate surface area is 85.8 Å². The van der Waals surface area contributed by atoms with E-state index in [4.69, 9.17) is 0 Å². The minimum absolute atomic E-state index is 0.616. The Kier molecular flexibility index (Phi) is 2.35. The zero-order valence-electron chi connectivity index (χ0n) is 8.01. The van der Waals surface area contributed by atoms with Crippen LogP contribution in [0.2, 0.25) is 0 Å². The second-order valence-corrected chi connectivity index (χ2v) is 3.97. The Morgan fingerprint density at radius 1 is 1.57 bits per heavy atom. The third-order valence-corrected chi connectivity index (χ3v) is 3.15. The maximum Gasteiger partial charge on any atom is 0.132 e. The van der Waals surface area contributed by atoms with Crippen LogP contribution in [-0.2, 0) is 7.05 Å². The number of aromatic nitrogens is 3. The van der Waals surface area contributed by atoms with Crippen LogP contribution in [0.15, 0.2) is 17.8 Å². The molecule has 1 unspecified atom stereocenters. The topological polar surface area (TPSA) is 50.9 Å². The summed E-state index contributed by atoms with van der Waals surface area (Å²) in [5, 5.41) is 14.1. The average molecular weight is 209 g/mol. The van der Waals surface area contributed by atoms with E-state index in [1.807, 2.05) is 20.0 Å². The van der Waals surface area contributed by atoms with Crippen LogP contribution in [-0.4, -0.2) is 19.9 Å². The van der Waals surface area contributed by atoms with E-state index in [-0.39, 0.29) is 0 Å². The lowest BCUT2D eigenvalue weighted by atomic mass is 10.2. The van der Waals surface area contributed by atoms with Gasteiger partial charge in [0, 0.05) is 13.2 Å². The number of thiazole rings is 1. The Morgan fingerprint density at radius 2 is 2.36 bits per heavy atom. The van der Waals surface area contributed by atoms with Crippen molar-refractivity contribution in [1.29, 1.82) is 0 Å². The van der Waals surface area contributed by atoms with Crippen molar-refractivity contribution in [2.75, 3.05) is 0 Å². The van der Waals surface area contributed by atoms with Gasteiger partial charge in [-0.2, -0.15) is 5.10 Å². The van der Waals surface area contributed by atoms with Gasteiger partial charge >= 0.3 is 0 Å². The fraction of sp³-hybridized carbons (Fsp3) is 0.333. The normalized spacial score (nSPS) is 13.1. The van der Waals surface area contributed by atoms with Gasteiger partial charge in [-0.05, 0) is 13.0 Å². The van der Waals surface area contributed by atoms with Gasteiger partial charge in [0.1, 0.15) is 6.10 Å². The van der Waals surface area contributed by atoms with Gasteiger partial charge in [0.05, 0.1) is 21.8 Å². The van der Waals surface area contributed by atoms with Crippen LogP contribution >= 0.6 is 11.3 Å². The summed E-state index contributed by atoms with van der Waals surface area (Å²) in [6.07, 6.45) is 1.06. The predicted octanol–water partition coefficient (Wildman–Crippen LogP) is 1.27. The molecule has 2 aromatic heterocycles. The lowest BCUT2D eigenvalue weighted by Crippen LogP contribution is -2.06. The van der Waals surface area contributed by atoms with Crippen molar-refractivity contribution >= 4 is 11.3 Å². The maximum atomic E-state index is 10.0. The zero-order chi connectivity index (χ0) is 10.1. The van der Waals surface area contributed by atoms with Crippen molar-refractivity contribution in [3.8, 4) is 0 Å². The lowest BCUT2D eigenvalue weighted by Gasteiger charge is -2.09. The fourth-order valence-corrected chi connectivity index (χ4v) is 2.16. The summed E-state index contributed by atoms with van der Waals surface area (Å²) in [7, 11) is 1.81. The second kappa shape index (κ2) is 3.51. The molecule has 5 heteroatoms. The van der Waals surface area contributed by atoms with Crippen LogP contribution in [0.1, 0.15) is 22.4 Å². The first-order valence-electron chi connectivity index (χ1n) is 4.26. The van der Waals surface area contributed by atoms with Crippen molar-refractivity contribution in [1.82, 2.24) is 14.8 Å². The van der Waals surface area contributed by atoms with Gasteiger partial charge in [-0.3, -0.25) is 4.68 Å². The largest absolute Gasteiger partial charge is 0.381 e. The van der Waals surface area contributed by atoms with Gasteiger partial charge in [0.15, 0.2) is 0 Å². The first kappa shape index (κ1) is 9.36. The van der Waals surface area contributed by atoms with Crippen LogP contribution in [0.4, 0.5) is 0 Å². The molecular formula is C9H11N3OS. The standard InChI is InChI=1S/C9H11N3OS/c1-6-9(14-5-10-6)8(13)7-3-4-11-12(7)2/h3-5,8,13H,1-2H3. The summed E-state index contributed by atoms with van der Waals surface area (Å²) >= 11 is 1.46. The molecule has 0 saturated carbocycles. The third-order valence-electron chi connectivity index (χ3n) is 2.17. The summed E-state index contributed by atoms with van der Waals surface area (Å²) < 4.78 is 1.67. The molecule has 0 bridgehead atoms. The maximum absolute atomic E-state index is 10.0. The van der Waals surface area contributed by atoms with Crippen molar-refractivity contribution in [3.63, 3.8) is 0 Å². The number of rotatable bonds is 2. The number of aliphatic hydroxyl groups excluding tert-OH is 1. The molecule has 1 atom stereocenters. The first-order chi connectivity index (χ1) is 6.70. The molecule has 0 fully saturated rings. The quantitative estimate of drug-likeness (QED) is 0.810. The lowest BCUT2D eigenvalue weighted by molar-refractivity contribution is 0.212. The highest BCUT2D eigenvalue weighted by molar-refractivity contribution is 7.09. The highest BCUT2D eigenvalue weighted by Crippen LogP contribution is 2.26. The van der Waals surface area contributed by atoms with E-state index in [9.17, 15) is 5.11 Å². The molecule has 1 N–H and O–H groups in total. The van der Waals surface area contributed by atoms with Crippen molar-refractivity contribution in [2.24, 2.45) is 7.05 Å². The molecule has 14 heavy (non-hydrogen) atoms. The number of aryl methyl sites for hydroxylation is 2. The predicted molar refractivity (Wildman–Crippen MR) is 54.1 cm³/mol. The Morgan fingerprint density at radius 3 is 2.86 bits per heavy atom. The smallest absolute Gasteiger partial charge is 0.132 e. The molecule has 2 aromatic rings. The third kappa shape index (κ3) is 1.44. The van der Waals surface area contributed by atoms with Crippen molar-refractivity contribution in [3.05, 3.63) is 34.0 Å². The molecule has 0 amide bonds. The minimum atomic E-state index is -0.616. The molecule has 0 aliphatic heterocycles. The van der Waals surface area contributed by atoms with Crippen LogP contribution < -0.4 is 0 Å². The molecule has 2 heterocycles. The van der Waals surface area contributed by atoms with Crippen molar-refractivity contribution in [2.45, 2.75) is 13.0 Å². The number of hydrogen-bond donors (Lipinski definition) is 1. The summed E-state index contributed by atoms with van der Waals surface area (Å²) in [6, 6.07) is 1.81. The average Bonchev–Trinajstić information content (AvgIpc) is 2.73. The van der Waals surface area contributed by atoms with Gasteiger partial charge in [-0.1, -0.05) is 0 Å². The SMILES string of the molecule is Cc1ncsc1C(O)c1ccnn1C. The van der Waals surface area contributed by atoms with Crippen molar-refractivity contribution < 1.29 is 5.11 Å². The number of aliphatic hydroxyl groups is 1. The highest BCUT2D eigenvalue weighted by atomic mass is 32.1. The van der Waals surface area contributed by atoms with Gasteiger partial charge in [0.25, 0.3) is 0 Å². The molecule has 0 aliphatic rings. The number of nitrogens with zero attached hydrogens (tertiary/aromatic N) is 3. The Bertz CT molecular complexity index is 394. The highest BCUT2D eigenvalue weighted by Gasteiger charge is 2.17.